The third-order valence-electron chi connectivity index (χ3n) is 3.47. The number of aromatic nitrogens is 3. The number of H-pyrrole nitrogens is 1. The van der Waals surface area contributed by atoms with Crippen LogP contribution in [0.1, 0.15) is 16.8 Å². The number of rotatable bonds is 4. The summed E-state index contributed by atoms with van der Waals surface area (Å²) in [4.78, 5) is 11.5. The quantitative estimate of drug-likeness (QED) is 0.697. The summed E-state index contributed by atoms with van der Waals surface area (Å²) in [6.07, 6.45) is -2.64. The highest BCUT2D eigenvalue weighted by atomic mass is 32.2. The number of alkyl halides is 3. The molecule has 0 atom stereocenters. The summed E-state index contributed by atoms with van der Waals surface area (Å²) in [6, 6.07) is 5.31. The van der Waals surface area contributed by atoms with Gasteiger partial charge in [0.05, 0.1) is 29.4 Å². The SMILES string of the molecule is COc1cc(CSc2nc3ccc(C(F)(F)F)cc3[nH]2)ncc1C. The molecular formula is C16H14F3N3OS. The summed E-state index contributed by atoms with van der Waals surface area (Å²) in [5.41, 5.74) is 1.91. The van der Waals surface area contributed by atoms with Gasteiger partial charge >= 0.3 is 6.18 Å². The van der Waals surface area contributed by atoms with Gasteiger partial charge in [-0.3, -0.25) is 4.98 Å². The standard InChI is InChI=1S/C16H14F3N3OS/c1-9-7-20-11(6-14(9)23-2)8-24-15-21-12-4-3-10(16(17,18)19)5-13(12)22-15/h3-7H,8H2,1-2H3,(H,21,22). The second-order valence-electron chi connectivity index (χ2n) is 5.21. The van der Waals surface area contributed by atoms with E-state index in [0.717, 1.165) is 29.1 Å². The molecule has 3 aromatic rings. The zero-order valence-electron chi connectivity index (χ0n) is 12.9. The van der Waals surface area contributed by atoms with Gasteiger partial charge in [-0.1, -0.05) is 11.8 Å². The van der Waals surface area contributed by atoms with Crippen molar-refractivity contribution in [1.29, 1.82) is 0 Å². The largest absolute Gasteiger partial charge is 0.496 e. The maximum absolute atomic E-state index is 12.7. The molecule has 0 saturated heterocycles. The van der Waals surface area contributed by atoms with E-state index in [1.807, 2.05) is 13.0 Å². The lowest BCUT2D eigenvalue weighted by Crippen LogP contribution is -2.04. The fourth-order valence-electron chi connectivity index (χ4n) is 2.22. The van der Waals surface area contributed by atoms with Crippen LogP contribution in [-0.2, 0) is 11.9 Å². The molecule has 0 spiro atoms. The minimum atomic E-state index is -4.37. The minimum absolute atomic E-state index is 0.363. The molecule has 24 heavy (non-hydrogen) atoms. The average Bonchev–Trinajstić information content (AvgIpc) is 2.95. The molecule has 1 N–H and O–H groups in total. The van der Waals surface area contributed by atoms with E-state index in [-0.39, 0.29) is 0 Å². The maximum Gasteiger partial charge on any atom is 0.416 e. The number of pyridine rings is 1. The van der Waals surface area contributed by atoms with Crippen LogP contribution in [0.25, 0.3) is 11.0 Å². The molecule has 0 fully saturated rings. The number of methoxy groups -OCH3 is 1. The number of halogens is 3. The molecule has 1 aromatic carbocycles. The summed E-state index contributed by atoms with van der Waals surface area (Å²) in [5, 5.41) is 0.547. The summed E-state index contributed by atoms with van der Waals surface area (Å²) >= 11 is 1.37. The predicted molar refractivity (Wildman–Crippen MR) is 86.2 cm³/mol. The number of ether oxygens (including phenoxy) is 1. The third-order valence-corrected chi connectivity index (χ3v) is 4.38. The zero-order valence-corrected chi connectivity index (χ0v) is 13.8. The molecule has 0 saturated carbocycles. The molecule has 4 nitrogen and oxygen atoms in total. The number of aromatic amines is 1. The Morgan fingerprint density at radius 2 is 2.04 bits per heavy atom. The number of nitrogens with one attached hydrogen (secondary N) is 1. The van der Waals surface area contributed by atoms with Crippen LogP contribution >= 0.6 is 11.8 Å². The maximum atomic E-state index is 12.7. The average molecular weight is 353 g/mol. The number of nitrogens with zero attached hydrogens (tertiary/aromatic N) is 2. The molecule has 0 bridgehead atoms. The molecule has 8 heteroatoms. The summed E-state index contributed by atoms with van der Waals surface area (Å²) in [6.45, 7) is 1.90. The Kier molecular flexibility index (Phi) is 4.40. The van der Waals surface area contributed by atoms with Gasteiger partial charge in [0.15, 0.2) is 5.16 Å². The van der Waals surface area contributed by atoms with E-state index in [9.17, 15) is 13.2 Å². The molecule has 2 aromatic heterocycles. The van der Waals surface area contributed by atoms with Crippen molar-refractivity contribution in [1.82, 2.24) is 15.0 Å². The fraction of sp³-hybridized carbons (Fsp3) is 0.250. The van der Waals surface area contributed by atoms with Crippen molar-refractivity contribution in [2.75, 3.05) is 7.11 Å². The number of imidazole rings is 1. The van der Waals surface area contributed by atoms with Gasteiger partial charge in [-0.25, -0.2) is 4.98 Å². The van der Waals surface area contributed by atoms with E-state index in [1.165, 1.54) is 17.8 Å². The molecular weight excluding hydrogens is 339 g/mol. The van der Waals surface area contributed by atoms with Crippen molar-refractivity contribution in [3.8, 4) is 5.75 Å². The van der Waals surface area contributed by atoms with Gasteiger partial charge in [-0.2, -0.15) is 13.2 Å². The zero-order chi connectivity index (χ0) is 17.3. The molecule has 0 aliphatic heterocycles. The van der Waals surface area contributed by atoms with Crippen molar-refractivity contribution < 1.29 is 17.9 Å². The topological polar surface area (TPSA) is 50.8 Å². The Hall–Kier alpha value is -2.22. The van der Waals surface area contributed by atoms with Gasteiger partial charge in [0.1, 0.15) is 5.75 Å². The van der Waals surface area contributed by atoms with Crippen LogP contribution in [0.3, 0.4) is 0 Å². The van der Waals surface area contributed by atoms with Crippen molar-refractivity contribution in [2.45, 2.75) is 24.0 Å². The van der Waals surface area contributed by atoms with Gasteiger partial charge in [0, 0.05) is 23.6 Å². The number of hydrogen-bond donors (Lipinski definition) is 1. The summed E-state index contributed by atoms with van der Waals surface area (Å²) in [5.74, 6) is 1.28. The van der Waals surface area contributed by atoms with Crippen molar-refractivity contribution in [3.05, 3.63) is 47.3 Å². The lowest BCUT2D eigenvalue weighted by Gasteiger charge is -2.05. The smallest absolute Gasteiger partial charge is 0.416 e. The van der Waals surface area contributed by atoms with Gasteiger partial charge in [-0.15, -0.1) is 0 Å². The molecule has 0 amide bonds. The van der Waals surface area contributed by atoms with Crippen LogP contribution in [0.2, 0.25) is 0 Å². The van der Waals surface area contributed by atoms with Gasteiger partial charge in [0.2, 0.25) is 0 Å². The van der Waals surface area contributed by atoms with Gasteiger partial charge in [0.25, 0.3) is 0 Å². The van der Waals surface area contributed by atoms with Crippen molar-refractivity contribution in [2.24, 2.45) is 0 Å². The predicted octanol–water partition coefficient (Wildman–Crippen LogP) is 4.59. The normalized spacial score (nSPS) is 11.9. The van der Waals surface area contributed by atoms with Crippen LogP contribution in [0, 0.1) is 6.92 Å². The number of fused-ring (bicyclic) bond motifs is 1. The van der Waals surface area contributed by atoms with E-state index in [2.05, 4.69) is 15.0 Å². The Balaban J connectivity index is 1.78. The van der Waals surface area contributed by atoms with E-state index in [0.29, 0.717) is 21.9 Å². The Labute approximate surface area is 140 Å². The first-order valence-corrected chi connectivity index (χ1v) is 8.04. The molecule has 126 valence electrons. The number of thioether (sulfide) groups is 1. The minimum Gasteiger partial charge on any atom is -0.496 e. The highest BCUT2D eigenvalue weighted by Gasteiger charge is 2.30. The van der Waals surface area contributed by atoms with E-state index in [1.54, 1.807) is 13.3 Å². The first kappa shape index (κ1) is 16.6. The Bertz CT molecular complexity index is 877. The third kappa shape index (κ3) is 3.48. The number of aryl methyl sites for hydroxylation is 1. The summed E-state index contributed by atoms with van der Waals surface area (Å²) in [7, 11) is 1.59. The lowest BCUT2D eigenvalue weighted by atomic mass is 10.2. The van der Waals surface area contributed by atoms with E-state index >= 15 is 0 Å². The Morgan fingerprint density at radius 3 is 2.75 bits per heavy atom. The highest BCUT2D eigenvalue weighted by molar-refractivity contribution is 7.98. The number of benzene rings is 1. The monoisotopic (exact) mass is 353 g/mol. The van der Waals surface area contributed by atoms with Crippen LogP contribution in [0.5, 0.6) is 5.75 Å². The molecule has 0 aliphatic rings. The van der Waals surface area contributed by atoms with Crippen LogP contribution in [0.4, 0.5) is 13.2 Å². The van der Waals surface area contributed by atoms with Crippen LogP contribution in [0.15, 0.2) is 35.6 Å². The van der Waals surface area contributed by atoms with E-state index < -0.39 is 11.7 Å². The fourth-order valence-corrected chi connectivity index (χ4v) is 3.01. The van der Waals surface area contributed by atoms with Gasteiger partial charge < -0.3 is 9.72 Å². The molecule has 3 rings (SSSR count). The van der Waals surface area contributed by atoms with Crippen LogP contribution in [-0.4, -0.2) is 22.1 Å². The van der Waals surface area contributed by atoms with Crippen molar-refractivity contribution in [3.63, 3.8) is 0 Å². The second-order valence-corrected chi connectivity index (χ2v) is 6.17. The van der Waals surface area contributed by atoms with Crippen molar-refractivity contribution >= 4 is 22.8 Å². The van der Waals surface area contributed by atoms with E-state index in [4.69, 9.17) is 4.74 Å². The molecule has 0 aliphatic carbocycles. The molecule has 2 heterocycles. The lowest BCUT2D eigenvalue weighted by molar-refractivity contribution is -0.137. The van der Waals surface area contributed by atoms with Gasteiger partial charge in [-0.05, 0) is 25.1 Å². The first-order valence-electron chi connectivity index (χ1n) is 7.06. The summed E-state index contributed by atoms with van der Waals surface area (Å²) < 4.78 is 43.5. The first-order chi connectivity index (χ1) is 11.4. The molecule has 0 unspecified atom stereocenters. The van der Waals surface area contributed by atoms with Crippen LogP contribution < -0.4 is 4.74 Å². The Morgan fingerprint density at radius 1 is 1.25 bits per heavy atom. The second kappa shape index (κ2) is 6.35. The molecule has 0 radical (unpaired) electrons. The highest BCUT2D eigenvalue weighted by Crippen LogP contribution is 2.32. The number of hydrogen-bond acceptors (Lipinski definition) is 4.